The Hall–Kier alpha value is -3.32. The Balaban J connectivity index is 1.05. The molecule has 3 aliphatic rings. The fraction of sp³-hybridized carbons (Fsp3) is 0.462. The third-order valence-corrected chi connectivity index (χ3v) is 11.5. The summed E-state index contributed by atoms with van der Waals surface area (Å²) >= 11 is 13.0. The van der Waals surface area contributed by atoms with Crippen molar-refractivity contribution in [1.82, 2.24) is 25.4 Å². The van der Waals surface area contributed by atoms with E-state index < -0.39 is 11.9 Å². The minimum atomic E-state index is -4.76. The topological polar surface area (TPSA) is 96.6 Å². The van der Waals surface area contributed by atoms with E-state index in [4.69, 9.17) is 28.9 Å². The largest absolute Gasteiger partial charge is 0.573 e. The number of hydrogen-bond acceptors (Lipinski definition) is 6. The van der Waals surface area contributed by atoms with Crippen LogP contribution in [0.4, 0.5) is 13.2 Å². The van der Waals surface area contributed by atoms with E-state index in [9.17, 15) is 18.0 Å². The lowest BCUT2D eigenvalue weighted by atomic mass is 9.81. The zero-order chi connectivity index (χ0) is 36.5. The second-order valence-corrected chi connectivity index (χ2v) is 15.5. The van der Waals surface area contributed by atoms with E-state index in [1.807, 2.05) is 18.2 Å². The summed E-state index contributed by atoms with van der Waals surface area (Å²) in [5.74, 6) is 0.143. The summed E-state index contributed by atoms with van der Waals surface area (Å²) < 4.78 is 44.9. The molecule has 0 spiro atoms. The number of nitrogens with two attached hydrogens (primary N) is 1. The minimum absolute atomic E-state index is 0.113. The molecule has 3 aliphatic heterocycles. The molecule has 52 heavy (non-hydrogen) atoms. The molecule has 3 aromatic carbocycles. The van der Waals surface area contributed by atoms with Crippen LogP contribution in [0, 0.1) is 5.92 Å². The number of ether oxygens (including phenoxy) is 1. The standard InChI is InChI=1S/C39H45Cl2F3N6O2/c40-34-3-1-4-35(41)33(34)23-49-21-28-18-26(19-29(22-49)48-28)17-25-5-10-36-31(20-25)32(27-6-8-30(9-7-27)52-39(42,43)44)24-50(36)16-2-13-47-37(51)38(45)11-14-46-15-12-38/h1,3-10,20,24,26,28-29,46,48H,2,11-19,21-23,45H2,(H,47,51). The maximum Gasteiger partial charge on any atom is 0.573 e. The number of hydrogen-bond donors (Lipinski definition) is 4. The number of aromatic nitrogens is 1. The van der Waals surface area contributed by atoms with Crippen LogP contribution in [0.15, 0.2) is 66.9 Å². The van der Waals surface area contributed by atoms with E-state index in [2.05, 4.69) is 54.6 Å². The second kappa shape index (κ2) is 15.6. The van der Waals surface area contributed by atoms with Gasteiger partial charge in [0.05, 0.1) is 5.54 Å². The van der Waals surface area contributed by atoms with Crippen molar-refractivity contribution in [2.45, 2.75) is 75.6 Å². The van der Waals surface area contributed by atoms with E-state index >= 15 is 0 Å². The lowest BCUT2D eigenvalue weighted by Gasteiger charge is -2.45. The van der Waals surface area contributed by atoms with Crippen LogP contribution in [0.2, 0.25) is 10.0 Å². The van der Waals surface area contributed by atoms with Gasteiger partial charge in [-0.3, -0.25) is 9.69 Å². The molecule has 2 unspecified atom stereocenters. The van der Waals surface area contributed by atoms with Crippen molar-refractivity contribution in [3.63, 3.8) is 0 Å². The van der Waals surface area contributed by atoms with Crippen molar-refractivity contribution in [3.05, 3.63) is 88.0 Å². The molecule has 278 valence electrons. The number of fused-ring (bicyclic) bond motifs is 3. The summed E-state index contributed by atoms with van der Waals surface area (Å²) in [6.45, 7) is 5.18. The number of carbonyl (C=O) groups excluding carboxylic acids is 1. The fourth-order valence-corrected chi connectivity index (χ4v) is 8.83. The van der Waals surface area contributed by atoms with E-state index in [-0.39, 0.29) is 11.7 Å². The molecular weight excluding hydrogens is 712 g/mol. The number of alkyl halides is 3. The molecule has 2 atom stereocenters. The zero-order valence-corrected chi connectivity index (χ0v) is 30.5. The smallest absolute Gasteiger partial charge is 0.406 e. The Kier molecular flexibility index (Phi) is 11.1. The van der Waals surface area contributed by atoms with Crippen LogP contribution < -0.4 is 26.4 Å². The highest BCUT2D eigenvalue weighted by atomic mass is 35.5. The lowest BCUT2D eigenvalue weighted by Crippen LogP contribution is -2.60. The Morgan fingerprint density at radius 2 is 1.69 bits per heavy atom. The van der Waals surface area contributed by atoms with Crippen LogP contribution in [0.25, 0.3) is 22.0 Å². The Bertz CT molecular complexity index is 1840. The normalized spacial score (nSPS) is 22.0. The number of rotatable bonds is 11. The van der Waals surface area contributed by atoms with E-state index in [0.717, 1.165) is 79.6 Å². The number of piperazine rings is 1. The van der Waals surface area contributed by atoms with Gasteiger partial charge in [0.15, 0.2) is 0 Å². The van der Waals surface area contributed by atoms with Crippen molar-refractivity contribution in [2.75, 3.05) is 32.7 Å². The summed E-state index contributed by atoms with van der Waals surface area (Å²) in [4.78, 5) is 15.3. The second-order valence-electron chi connectivity index (χ2n) is 14.7. The van der Waals surface area contributed by atoms with Gasteiger partial charge in [-0.1, -0.05) is 47.5 Å². The predicted molar refractivity (Wildman–Crippen MR) is 200 cm³/mol. The summed E-state index contributed by atoms with van der Waals surface area (Å²) in [7, 11) is 0. The van der Waals surface area contributed by atoms with Gasteiger partial charge < -0.3 is 31.0 Å². The molecule has 3 saturated heterocycles. The zero-order valence-electron chi connectivity index (χ0n) is 29.0. The van der Waals surface area contributed by atoms with Gasteiger partial charge >= 0.3 is 6.36 Å². The average Bonchev–Trinajstić information content (AvgIpc) is 3.45. The van der Waals surface area contributed by atoms with Crippen LogP contribution in [-0.4, -0.2) is 72.1 Å². The molecule has 0 aliphatic carbocycles. The van der Waals surface area contributed by atoms with Crippen molar-refractivity contribution >= 4 is 40.0 Å². The first-order chi connectivity index (χ1) is 24.9. The number of nitrogens with zero attached hydrogens (tertiary/aromatic N) is 2. The molecule has 13 heteroatoms. The maximum atomic E-state index is 12.9. The van der Waals surface area contributed by atoms with Crippen molar-refractivity contribution in [2.24, 2.45) is 11.7 Å². The van der Waals surface area contributed by atoms with Crippen molar-refractivity contribution < 1.29 is 22.7 Å². The first-order valence-corrected chi connectivity index (χ1v) is 18.9. The van der Waals surface area contributed by atoms with Crippen LogP contribution in [0.5, 0.6) is 5.75 Å². The molecule has 3 fully saturated rings. The van der Waals surface area contributed by atoms with Gasteiger partial charge in [0.2, 0.25) is 5.91 Å². The molecule has 2 bridgehead atoms. The molecule has 8 nitrogen and oxygen atoms in total. The van der Waals surface area contributed by atoms with Crippen LogP contribution >= 0.6 is 23.2 Å². The monoisotopic (exact) mass is 756 g/mol. The first kappa shape index (κ1) is 37.0. The molecule has 5 N–H and O–H groups in total. The summed E-state index contributed by atoms with van der Waals surface area (Å²) in [5, 5.41) is 12.5. The fourth-order valence-electron chi connectivity index (χ4n) is 8.31. The quantitative estimate of drug-likeness (QED) is 0.125. The van der Waals surface area contributed by atoms with Crippen LogP contribution in [0.1, 0.15) is 43.2 Å². The first-order valence-electron chi connectivity index (χ1n) is 18.1. The van der Waals surface area contributed by atoms with Gasteiger partial charge in [0.25, 0.3) is 0 Å². The number of benzene rings is 3. The Labute approximate surface area is 312 Å². The third-order valence-electron chi connectivity index (χ3n) is 10.8. The van der Waals surface area contributed by atoms with Crippen LogP contribution in [-0.2, 0) is 24.3 Å². The number of halogens is 5. The molecule has 7 rings (SSSR count). The SMILES string of the molecule is NC1(C(=O)NCCCn2cc(-c3ccc(OC(F)(F)F)cc3)c3cc(CC4CC5CN(Cc6c(Cl)cccc6Cl)CC(C4)N5)ccc32)CCNCC1. The van der Waals surface area contributed by atoms with Gasteiger partial charge in [-0.25, -0.2) is 0 Å². The van der Waals surface area contributed by atoms with Gasteiger partial charge in [0.1, 0.15) is 5.75 Å². The molecular formula is C39H45Cl2F3N6O2. The van der Waals surface area contributed by atoms with Gasteiger partial charge in [-0.2, -0.15) is 0 Å². The summed E-state index contributed by atoms with van der Waals surface area (Å²) in [6.07, 6.45) is 2.26. The molecule has 4 aromatic rings. The summed E-state index contributed by atoms with van der Waals surface area (Å²) in [5.41, 5.74) is 10.5. The molecule has 1 amide bonds. The molecule has 0 radical (unpaired) electrons. The number of piperidine rings is 2. The van der Waals surface area contributed by atoms with Gasteiger partial charge in [-0.15, -0.1) is 13.2 Å². The molecule has 4 heterocycles. The Morgan fingerprint density at radius 3 is 2.37 bits per heavy atom. The van der Waals surface area contributed by atoms with Gasteiger partial charge in [-0.05, 0) is 105 Å². The maximum absolute atomic E-state index is 12.9. The van der Waals surface area contributed by atoms with E-state index in [0.29, 0.717) is 60.4 Å². The number of likely N-dealkylation sites (tertiary alicyclic amines) is 1. The highest BCUT2D eigenvalue weighted by Crippen LogP contribution is 2.36. The molecule has 0 saturated carbocycles. The Morgan fingerprint density at radius 1 is 1.00 bits per heavy atom. The number of amides is 1. The highest BCUT2D eigenvalue weighted by molar-refractivity contribution is 6.36. The van der Waals surface area contributed by atoms with Crippen molar-refractivity contribution in [1.29, 1.82) is 0 Å². The summed E-state index contributed by atoms with van der Waals surface area (Å²) in [6, 6.07) is 19.0. The van der Waals surface area contributed by atoms with E-state index in [1.54, 1.807) is 12.1 Å². The number of aryl methyl sites for hydroxylation is 1. The highest BCUT2D eigenvalue weighted by Gasteiger charge is 2.36. The minimum Gasteiger partial charge on any atom is -0.406 e. The third kappa shape index (κ3) is 8.72. The average molecular weight is 758 g/mol. The molecule has 1 aromatic heterocycles. The number of nitrogens with one attached hydrogen (secondary N) is 3. The lowest BCUT2D eigenvalue weighted by molar-refractivity contribution is -0.274. The van der Waals surface area contributed by atoms with Gasteiger partial charge in [0, 0.05) is 83.1 Å². The van der Waals surface area contributed by atoms with Crippen LogP contribution in [0.3, 0.4) is 0 Å². The van der Waals surface area contributed by atoms with Crippen molar-refractivity contribution in [3.8, 4) is 16.9 Å². The predicted octanol–water partition coefficient (Wildman–Crippen LogP) is 6.90. The van der Waals surface area contributed by atoms with E-state index in [1.165, 1.54) is 17.7 Å². The number of carbonyl (C=O) groups is 1.